The first-order valence-electron chi connectivity index (χ1n) is 8.20. The fourth-order valence-electron chi connectivity index (χ4n) is 3.44. The number of amides is 1. The number of piperidine rings is 1. The molecular formula is C18H23NO5. The Hall–Kier alpha value is -2.08. The van der Waals surface area contributed by atoms with Crippen molar-refractivity contribution < 1.29 is 24.2 Å². The summed E-state index contributed by atoms with van der Waals surface area (Å²) in [6, 6.07) is 7.46. The summed E-state index contributed by atoms with van der Waals surface area (Å²) in [6.45, 7) is 6.48. The van der Waals surface area contributed by atoms with Gasteiger partial charge in [-0.05, 0) is 44.7 Å². The highest BCUT2D eigenvalue weighted by Gasteiger charge is 2.49. The van der Waals surface area contributed by atoms with E-state index in [0.717, 1.165) is 11.1 Å². The Morgan fingerprint density at radius 1 is 1.25 bits per heavy atom. The molecule has 1 amide bonds. The molecule has 0 aliphatic carbocycles. The minimum atomic E-state index is -0.978. The van der Waals surface area contributed by atoms with E-state index in [1.807, 2.05) is 45.0 Å². The molecule has 1 atom stereocenters. The Morgan fingerprint density at radius 2 is 1.88 bits per heavy atom. The van der Waals surface area contributed by atoms with Crippen molar-refractivity contribution in [3.63, 3.8) is 0 Å². The molecule has 24 heavy (non-hydrogen) atoms. The fourth-order valence-corrected chi connectivity index (χ4v) is 3.44. The number of carboxylic acids is 1. The highest BCUT2D eigenvalue weighted by Crippen LogP contribution is 2.49. The van der Waals surface area contributed by atoms with Gasteiger partial charge in [-0.25, -0.2) is 9.59 Å². The zero-order valence-corrected chi connectivity index (χ0v) is 14.2. The molecule has 1 N–H and O–H groups in total. The minimum absolute atomic E-state index is 0.335. The van der Waals surface area contributed by atoms with Gasteiger partial charge < -0.3 is 19.5 Å². The number of hydrogen-bond donors (Lipinski definition) is 1. The van der Waals surface area contributed by atoms with Gasteiger partial charge in [-0.15, -0.1) is 0 Å². The molecule has 1 spiro atoms. The SMILES string of the molecule is CC(C)(C)OC(=O)N1CCC2(CC1)OC(C(=O)O)c1ccccc12. The van der Waals surface area contributed by atoms with Gasteiger partial charge in [0.25, 0.3) is 0 Å². The van der Waals surface area contributed by atoms with E-state index in [-0.39, 0.29) is 6.09 Å². The molecule has 1 aromatic carbocycles. The van der Waals surface area contributed by atoms with Crippen LogP contribution in [0.3, 0.4) is 0 Å². The van der Waals surface area contributed by atoms with Crippen LogP contribution in [0.25, 0.3) is 0 Å². The second kappa shape index (κ2) is 5.77. The summed E-state index contributed by atoms with van der Waals surface area (Å²) in [5, 5.41) is 9.43. The fraction of sp³-hybridized carbons (Fsp3) is 0.556. The molecule has 1 saturated heterocycles. The van der Waals surface area contributed by atoms with Crippen molar-refractivity contribution in [2.45, 2.75) is 50.9 Å². The lowest BCUT2D eigenvalue weighted by atomic mass is 9.83. The van der Waals surface area contributed by atoms with E-state index in [1.165, 1.54) is 0 Å². The first-order valence-corrected chi connectivity index (χ1v) is 8.20. The van der Waals surface area contributed by atoms with Gasteiger partial charge in [0.2, 0.25) is 0 Å². The molecule has 130 valence electrons. The number of benzene rings is 1. The first-order chi connectivity index (χ1) is 11.2. The van der Waals surface area contributed by atoms with E-state index in [9.17, 15) is 14.7 Å². The van der Waals surface area contributed by atoms with Crippen LogP contribution in [0.15, 0.2) is 24.3 Å². The van der Waals surface area contributed by atoms with Crippen LogP contribution in [0.2, 0.25) is 0 Å². The lowest BCUT2D eigenvalue weighted by Gasteiger charge is -2.39. The molecule has 3 rings (SSSR count). The van der Waals surface area contributed by atoms with E-state index in [4.69, 9.17) is 9.47 Å². The average molecular weight is 333 g/mol. The molecule has 6 heteroatoms. The van der Waals surface area contributed by atoms with Gasteiger partial charge in [0.05, 0.1) is 5.60 Å². The number of ether oxygens (including phenoxy) is 2. The highest BCUT2D eigenvalue weighted by molar-refractivity contribution is 5.76. The molecule has 6 nitrogen and oxygen atoms in total. The maximum atomic E-state index is 12.2. The van der Waals surface area contributed by atoms with Crippen LogP contribution in [0.5, 0.6) is 0 Å². The maximum absolute atomic E-state index is 12.2. The summed E-state index contributed by atoms with van der Waals surface area (Å²) >= 11 is 0. The van der Waals surface area contributed by atoms with Gasteiger partial charge in [-0.1, -0.05) is 24.3 Å². The number of likely N-dealkylation sites (tertiary alicyclic amines) is 1. The third-order valence-electron chi connectivity index (χ3n) is 4.52. The van der Waals surface area contributed by atoms with Gasteiger partial charge in [-0.2, -0.15) is 0 Å². The predicted octanol–water partition coefficient (Wildman–Crippen LogP) is 3.07. The van der Waals surface area contributed by atoms with Gasteiger partial charge in [0.15, 0.2) is 6.10 Å². The van der Waals surface area contributed by atoms with Crippen molar-refractivity contribution in [1.29, 1.82) is 0 Å². The van der Waals surface area contributed by atoms with Crippen LogP contribution in [0, 0.1) is 0 Å². The highest BCUT2D eigenvalue weighted by atomic mass is 16.6. The van der Waals surface area contributed by atoms with Crippen molar-refractivity contribution in [1.82, 2.24) is 4.90 Å². The summed E-state index contributed by atoms with van der Waals surface area (Å²) in [5.41, 5.74) is 0.492. The second-order valence-electron chi connectivity index (χ2n) is 7.39. The minimum Gasteiger partial charge on any atom is -0.479 e. The van der Waals surface area contributed by atoms with Crippen LogP contribution >= 0.6 is 0 Å². The third kappa shape index (κ3) is 2.98. The van der Waals surface area contributed by atoms with Gasteiger partial charge in [0.1, 0.15) is 5.60 Å². The second-order valence-corrected chi connectivity index (χ2v) is 7.39. The van der Waals surface area contributed by atoms with Gasteiger partial charge in [-0.3, -0.25) is 0 Å². The number of carbonyl (C=O) groups is 2. The largest absolute Gasteiger partial charge is 0.479 e. The van der Waals surface area contributed by atoms with Crippen LogP contribution in [0.1, 0.15) is 50.8 Å². The number of hydrogen-bond acceptors (Lipinski definition) is 4. The van der Waals surface area contributed by atoms with E-state index >= 15 is 0 Å². The van der Waals surface area contributed by atoms with E-state index in [2.05, 4.69) is 0 Å². The summed E-state index contributed by atoms with van der Waals surface area (Å²) in [7, 11) is 0. The number of carboxylic acid groups (broad SMARTS) is 1. The molecule has 1 unspecified atom stereocenters. The zero-order chi connectivity index (χ0) is 17.5. The number of fused-ring (bicyclic) bond motifs is 2. The third-order valence-corrected chi connectivity index (χ3v) is 4.52. The lowest BCUT2D eigenvalue weighted by Crippen LogP contribution is -2.47. The number of nitrogens with zero attached hydrogens (tertiary/aromatic N) is 1. The number of carbonyl (C=O) groups excluding carboxylic acids is 1. The number of rotatable bonds is 1. The molecule has 0 aromatic heterocycles. The zero-order valence-electron chi connectivity index (χ0n) is 14.2. The van der Waals surface area contributed by atoms with Crippen LogP contribution in [-0.2, 0) is 19.9 Å². The van der Waals surface area contributed by atoms with Crippen molar-refractivity contribution in [2.75, 3.05) is 13.1 Å². The molecule has 2 aliphatic heterocycles. The molecule has 0 radical (unpaired) electrons. The standard InChI is InChI=1S/C18H23NO5/c1-17(2,3)24-16(22)19-10-8-18(9-11-19)13-7-5-4-6-12(13)14(23-18)15(20)21/h4-7,14H,8-11H2,1-3H3,(H,20,21). The Kier molecular flexibility index (Phi) is 4.03. The van der Waals surface area contributed by atoms with Gasteiger partial charge in [0, 0.05) is 13.1 Å². The monoisotopic (exact) mass is 333 g/mol. The molecular weight excluding hydrogens is 310 g/mol. The molecule has 2 heterocycles. The Morgan fingerprint density at radius 3 is 2.46 bits per heavy atom. The van der Waals surface area contributed by atoms with Crippen molar-refractivity contribution in [3.8, 4) is 0 Å². The summed E-state index contributed by atoms with van der Waals surface area (Å²) < 4.78 is 11.4. The summed E-state index contributed by atoms with van der Waals surface area (Å²) in [6.07, 6.45) is -0.146. The molecule has 0 saturated carbocycles. The maximum Gasteiger partial charge on any atom is 0.410 e. The van der Waals surface area contributed by atoms with Crippen molar-refractivity contribution in [3.05, 3.63) is 35.4 Å². The smallest absolute Gasteiger partial charge is 0.410 e. The average Bonchev–Trinajstić information content (AvgIpc) is 2.82. The molecule has 0 bridgehead atoms. The summed E-state index contributed by atoms with van der Waals surface area (Å²) in [5.74, 6) is -0.978. The topological polar surface area (TPSA) is 76.1 Å². The molecule has 2 aliphatic rings. The first kappa shape index (κ1) is 16.8. The van der Waals surface area contributed by atoms with E-state index in [0.29, 0.717) is 25.9 Å². The lowest BCUT2D eigenvalue weighted by molar-refractivity contribution is -0.166. The van der Waals surface area contributed by atoms with E-state index < -0.39 is 23.3 Å². The molecule has 1 fully saturated rings. The van der Waals surface area contributed by atoms with Crippen LogP contribution in [-0.4, -0.2) is 40.8 Å². The van der Waals surface area contributed by atoms with Gasteiger partial charge >= 0.3 is 12.1 Å². The summed E-state index contributed by atoms with van der Waals surface area (Å²) in [4.78, 5) is 25.4. The normalized spacial score (nSPS) is 22.3. The van der Waals surface area contributed by atoms with Crippen LogP contribution in [0.4, 0.5) is 4.79 Å². The molecule has 1 aromatic rings. The Labute approximate surface area is 141 Å². The van der Waals surface area contributed by atoms with Crippen molar-refractivity contribution >= 4 is 12.1 Å². The quantitative estimate of drug-likeness (QED) is 0.855. The van der Waals surface area contributed by atoms with Crippen molar-refractivity contribution in [2.24, 2.45) is 0 Å². The Balaban J connectivity index is 1.76. The van der Waals surface area contributed by atoms with E-state index in [1.54, 1.807) is 4.90 Å². The Bertz CT molecular complexity index is 656. The number of aliphatic carboxylic acids is 1. The van der Waals surface area contributed by atoms with Crippen LogP contribution < -0.4 is 0 Å². The predicted molar refractivity (Wildman–Crippen MR) is 86.6 cm³/mol.